The molecule has 0 fully saturated rings. The van der Waals surface area contributed by atoms with Gasteiger partial charge in [0.1, 0.15) is 5.75 Å². The van der Waals surface area contributed by atoms with Crippen LogP contribution in [-0.2, 0) is 0 Å². The van der Waals surface area contributed by atoms with Crippen LogP contribution in [-0.4, -0.2) is 11.7 Å². The van der Waals surface area contributed by atoms with E-state index in [-0.39, 0.29) is 11.6 Å². The zero-order valence-corrected chi connectivity index (χ0v) is 9.73. The topological polar surface area (TPSA) is 31.2 Å². The molecule has 84 valence electrons. The summed E-state index contributed by atoms with van der Waals surface area (Å²) in [5, 5.41) is 1.05. The smallest absolute Gasteiger partial charge is 0.251 e. The molecule has 0 bridgehead atoms. The van der Waals surface area contributed by atoms with Crippen molar-refractivity contribution < 1.29 is 4.74 Å². The minimum atomic E-state index is 0.0238. The number of hydrogen-bond acceptors (Lipinski definition) is 2. The Morgan fingerprint density at radius 3 is 2.50 bits per heavy atom. The fourth-order valence-corrected chi connectivity index (χ4v) is 1.89. The third kappa shape index (κ3) is 1.69. The maximum Gasteiger partial charge on any atom is 0.251 e. The zero-order chi connectivity index (χ0) is 11.7. The summed E-state index contributed by atoms with van der Waals surface area (Å²) in [6.07, 6.45) is 0. The average molecular weight is 217 g/mol. The first-order chi connectivity index (χ1) is 7.63. The van der Waals surface area contributed by atoms with Crippen molar-refractivity contribution >= 4 is 10.9 Å². The second-order valence-corrected chi connectivity index (χ2v) is 4.06. The van der Waals surface area contributed by atoms with Gasteiger partial charge in [-0.3, -0.25) is 4.79 Å². The van der Waals surface area contributed by atoms with Crippen LogP contribution in [0.25, 0.3) is 10.9 Å². The summed E-state index contributed by atoms with van der Waals surface area (Å²) in [5.41, 5.74) is 0.942. The van der Waals surface area contributed by atoms with Gasteiger partial charge in [0, 0.05) is 18.2 Å². The largest absolute Gasteiger partial charge is 0.497 e. The Kier molecular flexibility index (Phi) is 2.69. The van der Waals surface area contributed by atoms with Gasteiger partial charge in [-0.05, 0) is 37.4 Å². The number of pyridine rings is 1. The summed E-state index contributed by atoms with van der Waals surface area (Å²) in [6, 6.07) is 9.36. The van der Waals surface area contributed by atoms with E-state index in [1.54, 1.807) is 17.7 Å². The molecule has 0 aliphatic carbocycles. The molecule has 0 aliphatic rings. The molecule has 0 unspecified atom stereocenters. The first kappa shape index (κ1) is 10.7. The van der Waals surface area contributed by atoms with Gasteiger partial charge in [0.15, 0.2) is 0 Å². The fourth-order valence-electron chi connectivity index (χ4n) is 1.89. The Hall–Kier alpha value is -1.77. The molecule has 0 aliphatic heterocycles. The predicted molar refractivity (Wildman–Crippen MR) is 65.1 cm³/mol. The lowest BCUT2D eigenvalue weighted by Gasteiger charge is -2.14. The van der Waals surface area contributed by atoms with Crippen LogP contribution in [0.3, 0.4) is 0 Å². The van der Waals surface area contributed by atoms with Crippen molar-refractivity contribution in [2.45, 2.75) is 19.9 Å². The molecule has 2 rings (SSSR count). The lowest BCUT2D eigenvalue weighted by Crippen LogP contribution is -2.20. The maximum atomic E-state index is 11.8. The van der Waals surface area contributed by atoms with Crippen molar-refractivity contribution in [2.24, 2.45) is 0 Å². The summed E-state index contributed by atoms with van der Waals surface area (Å²) in [7, 11) is 1.63. The van der Waals surface area contributed by atoms with E-state index in [0.29, 0.717) is 0 Å². The Bertz CT molecular complexity index is 570. The highest BCUT2D eigenvalue weighted by atomic mass is 16.5. The number of benzene rings is 1. The van der Waals surface area contributed by atoms with Crippen molar-refractivity contribution in [1.29, 1.82) is 0 Å². The summed E-state index contributed by atoms with van der Waals surface area (Å²) < 4.78 is 6.96. The van der Waals surface area contributed by atoms with E-state index >= 15 is 0 Å². The molecular formula is C13H15NO2. The van der Waals surface area contributed by atoms with Crippen LogP contribution in [0.15, 0.2) is 35.1 Å². The van der Waals surface area contributed by atoms with E-state index in [9.17, 15) is 4.79 Å². The summed E-state index contributed by atoms with van der Waals surface area (Å²) in [5.74, 6) is 0.771. The van der Waals surface area contributed by atoms with E-state index in [2.05, 4.69) is 0 Å². The number of nitrogens with zero attached hydrogens (tertiary/aromatic N) is 1. The first-order valence-electron chi connectivity index (χ1n) is 5.33. The molecule has 3 heteroatoms. The standard InChI is InChI=1S/C13H15NO2/c1-9(2)14-12-8-11(16-3)6-4-10(12)5-7-13(14)15/h4-9H,1-3H3. The van der Waals surface area contributed by atoms with Gasteiger partial charge in [0.05, 0.1) is 12.6 Å². The second-order valence-electron chi connectivity index (χ2n) is 4.06. The number of hydrogen-bond donors (Lipinski definition) is 0. The number of rotatable bonds is 2. The summed E-state index contributed by atoms with van der Waals surface area (Å²) in [6.45, 7) is 4.00. The van der Waals surface area contributed by atoms with Gasteiger partial charge in [-0.1, -0.05) is 0 Å². The van der Waals surface area contributed by atoms with Crippen LogP contribution in [0.1, 0.15) is 19.9 Å². The summed E-state index contributed by atoms with van der Waals surface area (Å²) in [4.78, 5) is 11.8. The lowest BCUT2D eigenvalue weighted by atomic mass is 10.2. The predicted octanol–water partition coefficient (Wildman–Crippen LogP) is 2.59. The maximum absolute atomic E-state index is 11.8. The quantitative estimate of drug-likeness (QED) is 0.774. The van der Waals surface area contributed by atoms with Crippen molar-refractivity contribution in [1.82, 2.24) is 4.57 Å². The highest BCUT2D eigenvalue weighted by Crippen LogP contribution is 2.21. The van der Waals surface area contributed by atoms with Gasteiger partial charge in [-0.2, -0.15) is 0 Å². The molecule has 0 atom stereocenters. The van der Waals surface area contributed by atoms with E-state index in [1.165, 1.54) is 0 Å². The molecule has 1 aromatic heterocycles. The number of fused-ring (bicyclic) bond motifs is 1. The minimum absolute atomic E-state index is 0.0238. The third-order valence-corrected chi connectivity index (χ3v) is 2.66. The summed E-state index contributed by atoms with van der Waals surface area (Å²) >= 11 is 0. The van der Waals surface area contributed by atoms with Crippen LogP contribution in [0.2, 0.25) is 0 Å². The van der Waals surface area contributed by atoms with Gasteiger partial charge in [-0.15, -0.1) is 0 Å². The average Bonchev–Trinajstić information content (AvgIpc) is 2.27. The van der Waals surface area contributed by atoms with E-state index in [0.717, 1.165) is 16.7 Å². The Labute approximate surface area is 94.3 Å². The molecule has 0 N–H and O–H groups in total. The Morgan fingerprint density at radius 2 is 1.88 bits per heavy atom. The molecule has 3 nitrogen and oxygen atoms in total. The molecule has 0 amide bonds. The van der Waals surface area contributed by atoms with Gasteiger partial charge < -0.3 is 9.30 Å². The molecule has 1 aromatic carbocycles. The highest BCUT2D eigenvalue weighted by molar-refractivity contribution is 5.80. The van der Waals surface area contributed by atoms with Crippen LogP contribution >= 0.6 is 0 Å². The minimum Gasteiger partial charge on any atom is -0.497 e. The van der Waals surface area contributed by atoms with Gasteiger partial charge in [0.2, 0.25) is 0 Å². The number of ether oxygens (including phenoxy) is 1. The SMILES string of the molecule is COc1ccc2ccc(=O)n(C(C)C)c2c1. The van der Waals surface area contributed by atoms with Gasteiger partial charge >= 0.3 is 0 Å². The van der Waals surface area contributed by atoms with E-state index in [1.807, 2.05) is 38.1 Å². The molecule has 16 heavy (non-hydrogen) atoms. The van der Waals surface area contributed by atoms with E-state index in [4.69, 9.17) is 4.74 Å². The van der Waals surface area contributed by atoms with Crippen molar-refractivity contribution in [2.75, 3.05) is 7.11 Å². The molecule has 0 spiro atoms. The van der Waals surface area contributed by atoms with Crippen molar-refractivity contribution in [3.63, 3.8) is 0 Å². The molecule has 1 heterocycles. The van der Waals surface area contributed by atoms with Gasteiger partial charge in [-0.25, -0.2) is 0 Å². The molecule has 0 radical (unpaired) electrons. The second kappa shape index (κ2) is 4.00. The van der Waals surface area contributed by atoms with E-state index < -0.39 is 0 Å². The van der Waals surface area contributed by atoms with Gasteiger partial charge in [0.25, 0.3) is 5.56 Å². The zero-order valence-electron chi connectivity index (χ0n) is 9.73. The fraction of sp³-hybridized carbons (Fsp3) is 0.308. The van der Waals surface area contributed by atoms with Crippen LogP contribution in [0.4, 0.5) is 0 Å². The van der Waals surface area contributed by atoms with Crippen LogP contribution < -0.4 is 10.3 Å². The molecule has 0 saturated carbocycles. The molecule has 0 saturated heterocycles. The monoisotopic (exact) mass is 217 g/mol. The Morgan fingerprint density at radius 1 is 1.19 bits per heavy atom. The Balaban J connectivity index is 2.83. The van der Waals surface area contributed by atoms with Crippen LogP contribution in [0, 0.1) is 0 Å². The third-order valence-electron chi connectivity index (χ3n) is 2.66. The number of aromatic nitrogens is 1. The molecular weight excluding hydrogens is 202 g/mol. The normalized spacial score (nSPS) is 11.0. The van der Waals surface area contributed by atoms with Crippen LogP contribution in [0.5, 0.6) is 5.75 Å². The lowest BCUT2D eigenvalue weighted by molar-refractivity contribution is 0.415. The van der Waals surface area contributed by atoms with Crippen molar-refractivity contribution in [3.05, 3.63) is 40.7 Å². The molecule has 2 aromatic rings. The van der Waals surface area contributed by atoms with Crippen molar-refractivity contribution in [3.8, 4) is 5.75 Å². The number of methoxy groups -OCH3 is 1. The highest BCUT2D eigenvalue weighted by Gasteiger charge is 2.06. The first-order valence-corrected chi connectivity index (χ1v) is 5.33.